The largest absolute Gasteiger partial charge is 0.341 e. The van der Waals surface area contributed by atoms with Gasteiger partial charge in [-0.2, -0.15) is 0 Å². The molecule has 0 aromatic carbocycles. The van der Waals surface area contributed by atoms with Gasteiger partial charge in [-0.1, -0.05) is 27.2 Å². The minimum absolute atomic E-state index is 0.671. The Bertz CT molecular complexity index is 392. The number of aryl methyl sites for hydroxylation is 1. The van der Waals surface area contributed by atoms with Crippen molar-refractivity contribution in [3.63, 3.8) is 0 Å². The molecule has 1 N–H and O–H groups in total. The van der Waals surface area contributed by atoms with E-state index in [9.17, 15) is 0 Å². The smallest absolute Gasteiger partial charge is 0.225 e. The average Bonchev–Trinajstić information content (AvgIpc) is 2.46. The van der Waals surface area contributed by atoms with Crippen LogP contribution in [0.3, 0.4) is 0 Å². The summed E-state index contributed by atoms with van der Waals surface area (Å²) < 4.78 is 0. The summed E-state index contributed by atoms with van der Waals surface area (Å²) in [7, 11) is 0. The molecule has 0 aliphatic heterocycles. The number of rotatable bonds is 9. The Hall–Kier alpha value is -1.16. The average molecular weight is 278 g/mol. The highest BCUT2D eigenvalue weighted by molar-refractivity contribution is 5.32. The first-order chi connectivity index (χ1) is 9.62. The molecule has 0 spiro atoms. The van der Waals surface area contributed by atoms with Crippen LogP contribution in [0.4, 0.5) is 5.95 Å². The van der Waals surface area contributed by atoms with Gasteiger partial charge in [0, 0.05) is 37.1 Å². The first-order valence-electron chi connectivity index (χ1n) is 7.90. The Morgan fingerprint density at radius 3 is 2.60 bits per heavy atom. The van der Waals surface area contributed by atoms with Crippen LogP contribution >= 0.6 is 0 Å². The van der Waals surface area contributed by atoms with Crippen LogP contribution in [0.2, 0.25) is 0 Å². The normalized spacial score (nSPS) is 12.4. The van der Waals surface area contributed by atoms with Crippen molar-refractivity contribution in [2.75, 3.05) is 24.5 Å². The third kappa shape index (κ3) is 5.08. The van der Waals surface area contributed by atoms with Gasteiger partial charge >= 0.3 is 0 Å². The van der Waals surface area contributed by atoms with Crippen LogP contribution in [0.1, 0.15) is 51.8 Å². The first-order valence-corrected chi connectivity index (χ1v) is 7.90. The summed E-state index contributed by atoms with van der Waals surface area (Å²) in [4.78, 5) is 11.5. The molecule has 0 amide bonds. The molecule has 4 heteroatoms. The molecule has 0 radical (unpaired) electrons. The minimum atomic E-state index is 0.671. The molecule has 1 aromatic rings. The van der Waals surface area contributed by atoms with E-state index in [-0.39, 0.29) is 0 Å². The Labute approximate surface area is 124 Å². The van der Waals surface area contributed by atoms with E-state index in [2.05, 4.69) is 54.8 Å². The quantitative estimate of drug-likeness (QED) is 0.705. The highest BCUT2D eigenvalue weighted by Gasteiger charge is 2.12. The van der Waals surface area contributed by atoms with Crippen LogP contribution in [-0.4, -0.2) is 29.6 Å². The van der Waals surface area contributed by atoms with Gasteiger partial charge in [-0.3, -0.25) is 0 Å². The molecule has 0 saturated heterocycles. The van der Waals surface area contributed by atoms with E-state index in [1.54, 1.807) is 0 Å². The molecule has 0 aliphatic rings. The molecule has 1 atom stereocenters. The summed E-state index contributed by atoms with van der Waals surface area (Å²) in [5, 5.41) is 3.40. The van der Waals surface area contributed by atoms with E-state index in [1.807, 2.05) is 6.20 Å². The van der Waals surface area contributed by atoms with Crippen molar-refractivity contribution in [1.29, 1.82) is 0 Å². The highest BCUT2D eigenvalue weighted by Crippen LogP contribution is 2.14. The molecule has 1 aromatic heterocycles. The third-order valence-electron chi connectivity index (χ3n) is 3.70. The van der Waals surface area contributed by atoms with Crippen molar-refractivity contribution < 1.29 is 0 Å². The topological polar surface area (TPSA) is 41.1 Å². The van der Waals surface area contributed by atoms with Crippen molar-refractivity contribution in [2.24, 2.45) is 5.92 Å². The van der Waals surface area contributed by atoms with Crippen LogP contribution in [-0.2, 0) is 6.54 Å². The molecule has 1 unspecified atom stereocenters. The maximum atomic E-state index is 4.69. The maximum Gasteiger partial charge on any atom is 0.225 e. The molecule has 1 heterocycles. The van der Waals surface area contributed by atoms with Crippen LogP contribution in [0.15, 0.2) is 6.20 Å². The van der Waals surface area contributed by atoms with Gasteiger partial charge in [-0.05, 0) is 32.7 Å². The van der Waals surface area contributed by atoms with Gasteiger partial charge in [0.25, 0.3) is 0 Å². The predicted molar refractivity (Wildman–Crippen MR) is 86.1 cm³/mol. The van der Waals surface area contributed by atoms with Crippen LogP contribution < -0.4 is 10.2 Å². The van der Waals surface area contributed by atoms with Crippen LogP contribution in [0.5, 0.6) is 0 Å². The SMILES string of the molecule is CCCNCc1cnc(N(CC)CC(C)CC)nc1C. The lowest BCUT2D eigenvalue weighted by Crippen LogP contribution is -2.30. The van der Waals surface area contributed by atoms with Crippen molar-refractivity contribution in [3.05, 3.63) is 17.5 Å². The van der Waals surface area contributed by atoms with Gasteiger partial charge in [0.1, 0.15) is 0 Å². The molecular formula is C16H30N4. The summed E-state index contributed by atoms with van der Waals surface area (Å²) in [5.41, 5.74) is 2.28. The molecule has 1 rings (SSSR count). The lowest BCUT2D eigenvalue weighted by atomic mass is 10.1. The Kier molecular flexibility index (Phi) is 7.52. The number of hydrogen-bond donors (Lipinski definition) is 1. The second-order valence-corrected chi connectivity index (χ2v) is 5.51. The van der Waals surface area contributed by atoms with Gasteiger partial charge in [0.05, 0.1) is 0 Å². The number of nitrogens with one attached hydrogen (secondary N) is 1. The fourth-order valence-corrected chi connectivity index (χ4v) is 2.06. The van der Waals surface area contributed by atoms with E-state index in [1.165, 1.54) is 12.0 Å². The summed E-state index contributed by atoms with van der Waals surface area (Å²) in [6, 6.07) is 0. The zero-order valence-corrected chi connectivity index (χ0v) is 13.7. The second-order valence-electron chi connectivity index (χ2n) is 5.51. The standard InChI is InChI=1S/C16H30N4/c1-6-9-17-10-15-11-18-16(19-14(15)5)20(8-3)12-13(4)7-2/h11,13,17H,6-10,12H2,1-5H3. The Morgan fingerprint density at radius 2 is 2.05 bits per heavy atom. The van der Waals surface area contributed by atoms with Gasteiger partial charge in [-0.25, -0.2) is 9.97 Å². The van der Waals surface area contributed by atoms with Crippen molar-refractivity contribution in [2.45, 2.75) is 54.0 Å². The molecule has 0 bridgehead atoms. The van der Waals surface area contributed by atoms with Crippen molar-refractivity contribution >= 4 is 5.95 Å². The fraction of sp³-hybridized carbons (Fsp3) is 0.750. The first kappa shape index (κ1) is 16.9. The minimum Gasteiger partial charge on any atom is -0.341 e. The summed E-state index contributed by atoms with van der Waals surface area (Å²) in [6.45, 7) is 14.8. The van der Waals surface area contributed by atoms with E-state index in [0.29, 0.717) is 5.92 Å². The lowest BCUT2D eigenvalue weighted by Gasteiger charge is -2.24. The van der Waals surface area contributed by atoms with Gasteiger partial charge in [-0.15, -0.1) is 0 Å². The van der Waals surface area contributed by atoms with Gasteiger partial charge in [0.15, 0.2) is 0 Å². The van der Waals surface area contributed by atoms with E-state index in [4.69, 9.17) is 0 Å². The Morgan fingerprint density at radius 1 is 1.30 bits per heavy atom. The maximum absolute atomic E-state index is 4.69. The molecular weight excluding hydrogens is 248 g/mol. The number of aromatic nitrogens is 2. The molecule has 0 saturated carbocycles. The number of nitrogens with zero attached hydrogens (tertiary/aromatic N) is 3. The van der Waals surface area contributed by atoms with Crippen molar-refractivity contribution in [1.82, 2.24) is 15.3 Å². The number of anilines is 1. The molecule has 20 heavy (non-hydrogen) atoms. The van der Waals surface area contributed by atoms with Crippen LogP contribution in [0.25, 0.3) is 0 Å². The zero-order valence-electron chi connectivity index (χ0n) is 13.7. The lowest BCUT2D eigenvalue weighted by molar-refractivity contribution is 0.541. The van der Waals surface area contributed by atoms with E-state index in [0.717, 1.165) is 44.2 Å². The second kappa shape index (κ2) is 8.90. The molecule has 0 aliphatic carbocycles. The summed E-state index contributed by atoms with van der Waals surface area (Å²) in [6.07, 6.45) is 4.31. The number of hydrogen-bond acceptors (Lipinski definition) is 4. The summed E-state index contributed by atoms with van der Waals surface area (Å²) >= 11 is 0. The molecule has 4 nitrogen and oxygen atoms in total. The van der Waals surface area contributed by atoms with Gasteiger partial charge < -0.3 is 10.2 Å². The van der Waals surface area contributed by atoms with Crippen molar-refractivity contribution in [3.8, 4) is 0 Å². The zero-order chi connectivity index (χ0) is 15.0. The van der Waals surface area contributed by atoms with E-state index < -0.39 is 0 Å². The highest BCUT2D eigenvalue weighted by atomic mass is 15.2. The third-order valence-corrected chi connectivity index (χ3v) is 3.70. The van der Waals surface area contributed by atoms with Gasteiger partial charge in [0.2, 0.25) is 5.95 Å². The van der Waals surface area contributed by atoms with E-state index >= 15 is 0 Å². The fourth-order valence-electron chi connectivity index (χ4n) is 2.06. The van der Waals surface area contributed by atoms with Crippen LogP contribution in [0, 0.1) is 12.8 Å². The molecule has 0 fully saturated rings. The predicted octanol–water partition coefficient (Wildman–Crippen LogP) is 3.16. The molecule has 114 valence electrons. The Balaban J connectivity index is 2.73. The summed E-state index contributed by atoms with van der Waals surface area (Å²) in [5.74, 6) is 1.54. The monoisotopic (exact) mass is 278 g/mol.